The van der Waals surface area contributed by atoms with E-state index in [0.29, 0.717) is 5.56 Å². The molecule has 0 bridgehead atoms. The lowest BCUT2D eigenvalue weighted by Crippen LogP contribution is -2.18. The van der Waals surface area contributed by atoms with Crippen LogP contribution in [-0.4, -0.2) is 15.7 Å². The summed E-state index contributed by atoms with van der Waals surface area (Å²) in [5, 5.41) is 9.92. The maximum Gasteiger partial charge on any atom is 0.274 e. The van der Waals surface area contributed by atoms with E-state index in [0.717, 1.165) is 12.1 Å². The number of hydrogen-bond acceptors (Lipinski definition) is 2. The summed E-state index contributed by atoms with van der Waals surface area (Å²) in [6.07, 6.45) is 0. The number of fused-ring (bicyclic) bond motifs is 1. The van der Waals surface area contributed by atoms with Crippen LogP contribution in [0.3, 0.4) is 0 Å². The first-order chi connectivity index (χ1) is 10.6. The van der Waals surface area contributed by atoms with Crippen molar-refractivity contribution in [3.05, 3.63) is 70.9 Å². The minimum atomic E-state index is -0.495. The molecule has 2 aromatic carbocycles. The standard InChI is InChI=1S/C18H18N2O2/c1-12-13(2)20(17-6-4-3-5-16(12)17)11-14-7-9-15(10-8-14)18(21)19-22/h3-10,22H,11H2,1-2H3,(H,19,21). The van der Waals surface area contributed by atoms with E-state index in [2.05, 4.69) is 36.6 Å². The minimum absolute atomic E-state index is 0.441. The predicted octanol–water partition coefficient (Wildman–Crippen LogP) is 3.43. The van der Waals surface area contributed by atoms with Crippen molar-refractivity contribution in [1.29, 1.82) is 0 Å². The van der Waals surface area contributed by atoms with Crippen LogP contribution in [0, 0.1) is 13.8 Å². The Morgan fingerprint density at radius 3 is 2.45 bits per heavy atom. The number of para-hydroxylation sites is 1. The Kier molecular flexibility index (Phi) is 3.69. The van der Waals surface area contributed by atoms with Crippen molar-refractivity contribution in [2.45, 2.75) is 20.4 Å². The lowest BCUT2D eigenvalue weighted by atomic mass is 10.1. The summed E-state index contributed by atoms with van der Waals surface area (Å²) in [6, 6.07) is 15.6. The zero-order valence-electron chi connectivity index (χ0n) is 12.6. The molecule has 3 rings (SSSR count). The molecular formula is C18H18N2O2. The SMILES string of the molecule is Cc1c(C)n(Cc2ccc(C(=O)NO)cc2)c2ccccc12. The molecule has 0 unspecified atom stereocenters. The fraction of sp³-hybridized carbons (Fsp3) is 0.167. The van der Waals surface area contributed by atoms with Crippen molar-refractivity contribution in [3.8, 4) is 0 Å². The van der Waals surface area contributed by atoms with E-state index in [1.54, 1.807) is 17.6 Å². The number of nitrogens with one attached hydrogen (secondary N) is 1. The van der Waals surface area contributed by atoms with Crippen molar-refractivity contribution < 1.29 is 10.0 Å². The van der Waals surface area contributed by atoms with Gasteiger partial charge in [-0.25, -0.2) is 5.48 Å². The summed E-state index contributed by atoms with van der Waals surface area (Å²) in [5.41, 5.74) is 6.96. The van der Waals surface area contributed by atoms with Crippen LogP contribution in [0.15, 0.2) is 48.5 Å². The molecule has 1 aromatic heterocycles. The summed E-state index contributed by atoms with van der Waals surface area (Å²) in [4.78, 5) is 11.3. The van der Waals surface area contributed by atoms with Crippen molar-refractivity contribution in [2.75, 3.05) is 0 Å². The van der Waals surface area contributed by atoms with E-state index < -0.39 is 5.91 Å². The monoisotopic (exact) mass is 294 g/mol. The fourth-order valence-corrected chi connectivity index (χ4v) is 2.82. The van der Waals surface area contributed by atoms with E-state index >= 15 is 0 Å². The molecule has 1 amide bonds. The summed E-state index contributed by atoms with van der Waals surface area (Å²) < 4.78 is 2.28. The first-order valence-electron chi connectivity index (χ1n) is 7.19. The van der Waals surface area contributed by atoms with Gasteiger partial charge in [-0.1, -0.05) is 30.3 Å². The second kappa shape index (κ2) is 5.66. The number of hydrogen-bond donors (Lipinski definition) is 2. The molecule has 2 N–H and O–H groups in total. The highest BCUT2D eigenvalue weighted by Crippen LogP contribution is 2.25. The van der Waals surface area contributed by atoms with E-state index in [9.17, 15) is 4.79 Å². The van der Waals surface area contributed by atoms with Crippen LogP contribution in [0.4, 0.5) is 0 Å². The number of amides is 1. The highest BCUT2D eigenvalue weighted by Gasteiger charge is 2.11. The normalized spacial score (nSPS) is 10.9. The van der Waals surface area contributed by atoms with Crippen LogP contribution >= 0.6 is 0 Å². The van der Waals surface area contributed by atoms with Crippen LogP contribution in [0.1, 0.15) is 27.2 Å². The zero-order chi connectivity index (χ0) is 15.7. The van der Waals surface area contributed by atoms with Gasteiger partial charge in [0.2, 0.25) is 0 Å². The minimum Gasteiger partial charge on any atom is -0.340 e. The average Bonchev–Trinajstić information content (AvgIpc) is 2.80. The van der Waals surface area contributed by atoms with E-state index in [-0.39, 0.29) is 0 Å². The summed E-state index contributed by atoms with van der Waals surface area (Å²) in [5.74, 6) is -0.495. The number of carbonyl (C=O) groups excluding carboxylic acids is 1. The average molecular weight is 294 g/mol. The summed E-state index contributed by atoms with van der Waals surface area (Å²) >= 11 is 0. The number of hydroxylamine groups is 1. The quantitative estimate of drug-likeness (QED) is 0.574. The van der Waals surface area contributed by atoms with Gasteiger partial charge < -0.3 is 4.57 Å². The molecular weight excluding hydrogens is 276 g/mol. The van der Waals surface area contributed by atoms with Crippen LogP contribution in [0.2, 0.25) is 0 Å². The molecule has 4 heteroatoms. The molecule has 0 radical (unpaired) electrons. The number of aromatic nitrogens is 1. The van der Waals surface area contributed by atoms with Crippen LogP contribution < -0.4 is 5.48 Å². The van der Waals surface area contributed by atoms with E-state index in [1.807, 2.05) is 18.2 Å². The van der Waals surface area contributed by atoms with Crippen molar-refractivity contribution >= 4 is 16.8 Å². The molecule has 4 nitrogen and oxygen atoms in total. The summed E-state index contributed by atoms with van der Waals surface area (Å²) in [6.45, 7) is 5.02. The fourth-order valence-electron chi connectivity index (χ4n) is 2.82. The molecule has 1 heterocycles. The number of nitrogens with zero attached hydrogens (tertiary/aromatic N) is 1. The van der Waals surface area contributed by atoms with Crippen molar-refractivity contribution in [1.82, 2.24) is 10.0 Å². The Balaban J connectivity index is 1.97. The molecule has 0 saturated heterocycles. The van der Waals surface area contributed by atoms with Crippen LogP contribution in [-0.2, 0) is 6.54 Å². The Morgan fingerprint density at radius 1 is 1.09 bits per heavy atom. The lowest BCUT2D eigenvalue weighted by molar-refractivity contribution is 0.0706. The number of benzene rings is 2. The largest absolute Gasteiger partial charge is 0.340 e. The van der Waals surface area contributed by atoms with E-state index in [1.165, 1.54) is 22.2 Å². The Bertz CT molecular complexity index is 832. The Morgan fingerprint density at radius 2 is 1.77 bits per heavy atom. The van der Waals surface area contributed by atoms with Gasteiger partial charge in [0.05, 0.1) is 0 Å². The second-order valence-corrected chi connectivity index (χ2v) is 5.45. The smallest absolute Gasteiger partial charge is 0.274 e. The van der Waals surface area contributed by atoms with Gasteiger partial charge in [-0.2, -0.15) is 0 Å². The first kappa shape index (κ1) is 14.4. The lowest BCUT2D eigenvalue weighted by Gasteiger charge is -2.09. The molecule has 0 atom stereocenters. The number of rotatable bonds is 3. The van der Waals surface area contributed by atoms with Gasteiger partial charge >= 0.3 is 0 Å². The van der Waals surface area contributed by atoms with Gasteiger partial charge in [0, 0.05) is 28.7 Å². The number of carbonyl (C=O) groups is 1. The maximum atomic E-state index is 11.3. The van der Waals surface area contributed by atoms with Gasteiger partial charge in [-0.3, -0.25) is 10.0 Å². The maximum absolute atomic E-state index is 11.3. The topological polar surface area (TPSA) is 54.3 Å². The van der Waals surface area contributed by atoms with Crippen LogP contribution in [0.25, 0.3) is 10.9 Å². The highest BCUT2D eigenvalue weighted by molar-refractivity contribution is 5.93. The van der Waals surface area contributed by atoms with Crippen LogP contribution in [0.5, 0.6) is 0 Å². The Hall–Kier alpha value is -2.59. The van der Waals surface area contributed by atoms with Gasteiger partial charge in [-0.05, 0) is 43.2 Å². The van der Waals surface area contributed by atoms with Crippen molar-refractivity contribution in [2.24, 2.45) is 0 Å². The number of aryl methyl sites for hydroxylation is 1. The van der Waals surface area contributed by atoms with Crippen molar-refractivity contribution in [3.63, 3.8) is 0 Å². The van der Waals surface area contributed by atoms with Gasteiger partial charge in [0.1, 0.15) is 0 Å². The third kappa shape index (κ3) is 2.38. The molecule has 112 valence electrons. The third-order valence-electron chi connectivity index (χ3n) is 4.20. The molecule has 0 aliphatic heterocycles. The van der Waals surface area contributed by atoms with Gasteiger partial charge in [0.15, 0.2) is 0 Å². The van der Waals surface area contributed by atoms with Gasteiger partial charge in [-0.15, -0.1) is 0 Å². The predicted molar refractivity (Wildman–Crippen MR) is 86.2 cm³/mol. The summed E-state index contributed by atoms with van der Waals surface area (Å²) in [7, 11) is 0. The Labute approximate surface area is 129 Å². The molecule has 0 spiro atoms. The molecule has 0 aliphatic rings. The molecule has 3 aromatic rings. The molecule has 0 fully saturated rings. The first-order valence-corrected chi connectivity index (χ1v) is 7.19. The second-order valence-electron chi connectivity index (χ2n) is 5.45. The third-order valence-corrected chi connectivity index (χ3v) is 4.20. The van der Waals surface area contributed by atoms with E-state index in [4.69, 9.17) is 5.21 Å². The molecule has 0 saturated carbocycles. The zero-order valence-corrected chi connectivity index (χ0v) is 12.6. The molecule has 0 aliphatic carbocycles. The van der Waals surface area contributed by atoms with Gasteiger partial charge in [0.25, 0.3) is 5.91 Å². The highest BCUT2D eigenvalue weighted by atomic mass is 16.5. The molecule has 22 heavy (non-hydrogen) atoms.